The molecule has 1 heterocycles. The minimum Gasteiger partial charge on any atom is -0.355 e. The summed E-state index contributed by atoms with van der Waals surface area (Å²) in [7, 11) is 1.36. The van der Waals surface area contributed by atoms with E-state index < -0.39 is 46.9 Å². The first kappa shape index (κ1) is 23.4. The number of halogens is 4. The molecular weight excluding hydrogens is 448 g/mol. The SMILES string of the molecule is CNC(=O)c1ccc(N2C(=S)N(C3=CC(C#N)=C(C(F)(F)F)CC3)C(=O)C2(C)C)cc1F. The number of carbonyl (C=O) groups is 2. The second-order valence-corrected chi connectivity index (χ2v) is 8.06. The first-order valence-electron chi connectivity index (χ1n) is 9.46. The van der Waals surface area contributed by atoms with E-state index in [1.165, 1.54) is 44.0 Å². The lowest BCUT2D eigenvalue weighted by atomic mass is 9.94. The molecule has 1 aliphatic carbocycles. The number of thiocarbonyl (C=S) groups is 1. The quantitative estimate of drug-likeness (QED) is 0.539. The molecule has 0 atom stereocenters. The van der Waals surface area contributed by atoms with Gasteiger partial charge in [0.2, 0.25) is 0 Å². The van der Waals surface area contributed by atoms with Crippen molar-refractivity contribution in [1.82, 2.24) is 10.2 Å². The molecule has 0 bridgehead atoms. The molecule has 1 aliphatic heterocycles. The molecule has 168 valence electrons. The van der Waals surface area contributed by atoms with Crippen LogP contribution in [0.5, 0.6) is 0 Å². The molecule has 0 aromatic heterocycles. The van der Waals surface area contributed by atoms with Gasteiger partial charge in [0.25, 0.3) is 11.8 Å². The number of nitrogens with one attached hydrogen (secondary N) is 1. The molecule has 0 spiro atoms. The normalized spacial score (nSPS) is 18.6. The molecule has 3 rings (SSSR count). The van der Waals surface area contributed by atoms with Crippen LogP contribution in [0.4, 0.5) is 23.2 Å². The first-order chi connectivity index (χ1) is 14.8. The highest BCUT2D eigenvalue weighted by molar-refractivity contribution is 7.80. The van der Waals surface area contributed by atoms with Crippen LogP contribution in [-0.4, -0.2) is 40.6 Å². The van der Waals surface area contributed by atoms with Crippen LogP contribution in [0, 0.1) is 17.1 Å². The lowest BCUT2D eigenvalue weighted by molar-refractivity contribution is -0.128. The average molecular weight is 466 g/mol. The highest BCUT2D eigenvalue weighted by atomic mass is 32.1. The van der Waals surface area contributed by atoms with Gasteiger partial charge in [0, 0.05) is 18.4 Å². The van der Waals surface area contributed by atoms with Gasteiger partial charge in [-0.05, 0) is 63.2 Å². The van der Waals surface area contributed by atoms with E-state index in [1.807, 2.05) is 0 Å². The lowest BCUT2D eigenvalue weighted by Crippen LogP contribution is -2.44. The van der Waals surface area contributed by atoms with Gasteiger partial charge < -0.3 is 10.2 Å². The van der Waals surface area contributed by atoms with Gasteiger partial charge in [0.15, 0.2) is 5.11 Å². The fourth-order valence-electron chi connectivity index (χ4n) is 3.73. The van der Waals surface area contributed by atoms with E-state index in [0.29, 0.717) is 0 Å². The molecule has 2 amide bonds. The second kappa shape index (κ2) is 8.02. The third-order valence-electron chi connectivity index (χ3n) is 5.37. The summed E-state index contributed by atoms with van der Waals surface area (Å²) in [6.07, 6.45) is -4.26. The molecule has 1 N–H and O–H groups in total. The van der Waals surface area contributed by atoms with Crippen molar-refractivity contribution < 1.29 is 27.2 Å². The predicted molar refractivity (Wildman–Crippen MR) is 112 cm³/mol. The number of nitriles is 1. The molecular formula is C21H18F4N4O2S. The summed E-state index contributed by atoms with van der Waals surface area (Å²) in [5.74, 6) is -1.98. The second-order valence-electron chi connectivity index (χ2n) is 7.70. The summed E-state index contributed by atoms with van der Waals surface area (Å²) in [4.78, 5) is 27.4. The predicted octanol–water partition coefficient (Wildman–Crippen LogP) is 3.96. The molecule has 11 heteroatoms. The number of hydrogen-bond acceptors (Lipinski definition) is 4. The maximum Gasteiger partial charge on any atom is 0.413 e. The number of carbonyl (C=O) groups excluding carboxylic acids is 2. The molecule has 32 heavy (non-hydrogen) atoms. The fraction of sp³-hybridized carbons (Fsp3) is 0.333. The number of hydrogen-bond donors (Lipinski definition) is 1. The minimum absolute atomic E-state index is 0.0638. The van der Waals surface area contributed by atoms with Crippen molar-refractivity contribution in [2.24, 2.45) is 0 Å². The summed E-state index contributed by atoms with van der Waals surface area (Å²) in [5, 5.41) is 11.5. The molecule has 2 aliphatic rings. The number of alkyl halides is 3. The Balaban J connectivity index is 2.04. The van der Waals surface area contributed by atoms with Crippen LogP contribution in [0.3, 0.4) is 0 Å². The summed E-state index contributed by atoms with van der Waals surface area (Å²) in [5.41, 5.74) is -2.66. The highest BCUT2D eigenvalue weighted by Crippen LogP contribution is 2.41. The van der Waals surface area contributed by atoms with Crippen molar-refractivity contribution in [3.8, 4) is 6.07 Å². The van der Waals surface area contributed by atoms with E-state index in [1.54, 1.807) is 0 Å². The van der Waals surface area contributed by atoms with Crippen molar-refractivity contribution in [2.45, 2.75) is 38.4 Å². The lowest BCUT2D eigenvalue weighted by Gasteiger charge is -2.29. The van der Waals surface area contributed by atoms with Crippen LogP contribution in [0.2, 0.25) is 0 Å². The van der Waals surface area contributed by atoms with E-state index in [2.05, 4.69) is 5.32 Å². The number of rotatable bonds is 3. The van der Waals surface area contributed by atoms with Crippen molar-refractivity contribution in [3.63, 3.8) is 0 Å². The maximum absolute atomic E-state index is 14.5. The van der Waals surface area contributed by atoms with E-state index in [4.69, 9.17) is 12.2 Å². The number of nitrogens with zero attached hydrogens (tertiary/aromatic N) is 3. The van der Waals surface area contributed by atoms with Crippen LogP contribution < -0.4 is 10.2 Å². The van der Waals surface area contributed by atoms with E-state index >= 15 is 0 Å². The molecule has 0 unspecified atom stereocenters. The molecule has 1 saturated heterocycles. The molecule has 1 aromatic rings. The Morgan fingerprint density at radius 3 is 2.47 bits per heavy atom. The van der Waals surface area contributed by atoms with Crippen LogP contribution >= 0.6 is 12.2 Å². The summed E-state index contributed by atoms with van der Waals surface area (Å²) < 4.78 is 54.1. The van der Waals surface area contributed by atoms with Gasteiger partial charge >= 0.3 is 6.18 Å². The third kappa shape index (κ3) is 3.75. The van der Waals surface area contributed by atoms with Gasteiger partial charge in [-0.2, -0.15) is 18.4 Å². The number of allylic oxidation sites excluding steroid dienone is 4. The molecule has 0 radical (unpaired) electrons. The van der Waals surface area contributed by atoms with E-state index in [0.717, 1.165) is 17.0 Å². The van der Waals surface area contributed by atoms with Crippen LogP contribution in [0.1, 0.15) is 37.0 Å². The minimum atomic E-state index is -4.65. The Morgan fingerprint density at radius 1 is 1.28 bits per heavy atom. The van der Waals surface area contributed by atoms with Gasteiger partial charge in [0.05, 0.1) is 22.8 Å². The van der Waals surface area contributed by atoms with E-state index in [9.17, 15) is 32.4 Å². The zero-order valence-corrected chi connectivity index (χ0v) is 18.1. The van der Waals surface area contributed by atoms with Crippen molar-refractivity contribution >= 4 is 34.8 Å². The monoisotopic (exact) mass is 466 g/mol. The Hall–Kier alpha value is -3.26. The summed E-state index contributed by atoms with van der Waals surface area (Å²) >= 11 is 5.45. The van der Waals surface area contributed by atoms with Crippen LogP contribution in [0.15, 0.2) is 41.1 Å². The van der Waals surface area contributed by atoms with Crippen LogP contribution in [0.25, 0.3) is 0 Å². The Morgan fingerprint density at radius 2 is 1.94 bits per heavy atom. The fourth-order valence-corrected chi connectivity index (χ4v) is 4.26. The Kier molecular flexibility index (Phi) is 5.86. The number of anilines is 1. The third-order valence-corrected chi connectivity index (χ3v) is 5.73. The Bertz CT molecular complexity index is 1130. The number of benzene rings is 1. The van der Waals surface area contributed by atoms with Crippen molar-refractivity contribution in [3.05, 3.63) is 52.5 Å². The molecule has 6 nitrogen and oxygen atoms in total. The molecule has 1 aromatic carbocycles. The first-order valence-corrected chi connectivity index (χ1v) is 9.86. The molecule has 0 saturated carbocycles. The van der Waals surface area contributed by atoms with Gasteiger partial charge in [0.1, 0.15) is 11.4 Å². The Labute approximate surface area is 186 Å². The zero-order chi connectivity index (χ0) is 24.0. The van der Waals surface area contributed by atoms with Gasteiger partial charge in [-0.25, -0.2) is 4.39 Å². The maximum atomic E-state index is 14.5. The largest absolute Gasteiger partial charge is 0.413 e. The average Bonchev–Trinajstić information content (AvgIpc) is 2.90. The van der Waals surface area contributed by atoms with Crippen molar-refractivity contribution in [2.75, 3.05) is 11.9 Å². The van der Waals surface area contributed by atoms with Gasteiger partial charge in [-0.1, -0.05) is 0 Å². The summed E-state index contributed by atoms with van der Waals surface area (Å²) in [6, 6.07) is 5.28. The zero-order valence-electron chi connectivity index (χ0n) is 17.3. The van der Waals surface area contributed by atoms with Gasteiger partial charge in [-0.3, -0.25) is 14.5 Å². The molecule has 1 fully saturated rings. The van der Waals surface area contributed by atoms with Crippen molar-refractivity contribution in [1.29, 1.82) is 5.26 Å². The standard InChI is InChI=1S/C21H18F4N4O2S/c1-20(2)18(31)28(12-5-7-15(21(23,24)25)11(8-12)10-26)19(32)29(20)13-4-6-14(16(22)9-13)17(30)27-3/h4,6,8-9H,5,7H2,1-3H3,(H,27,30). The van der Waals surface area contributed by atoms with Crippen LogP contribution in [-0.2, 0) is 4.79 Å². The highest BCUT2D eigenvalue weighted by Gasteiger charge is 2.51. The van der Waals surface area contributed by atoms with E-state index in [-0.39, 0.29) is 28.5 Å². The smallest absolute Gasteiger partial charge is 0.355 e. The number of amides is 2. The topological polar surface area (TPSA) is 76.4 Å². The summed E-state index contributed by atoms with van der Waals surface area (Å²) in [6.45, 7) is 3.08. The van der Waals surface area contributed by atoms with Gasteiger partial charge in [-0.15, -0.1) is 0 Å².